The number of nitrogens with zero attached hydrogens (tertiary/aromatic N) is 1. The molecule has 8 nitrogen and oxygen atoms in total. The molecule has 2 aromatic carbocycles. The number of benzene rings is 2. The zero-order valence-corrected chi connectivity index (χ0v) is 16.7. The Hall–Kier alpha value is -3.82. The molecule has 162 valence electrons. The number of amides is 4. The second kappa shape index (κ2) is 8.50. The summed E-state index contributed by atoms with van der Waals surface area (Å²) in [6, 6.07) is 7.67. The molecule has 3 rings (SSSR count). The van der Waals surface area contributed by atoms with Crippen LogP contribution in [0, 0.1) is 11.6 Å². The van der Waals surface area contributed by atoms with Crippen LogP contribution < -0.4 is 10.6 Å². The molecule has 1 atom stereocenters. The van der Waals surface area contributed by atoms with E-state index in [2.05, 4.69) is 10.6 Å². The monoisotopic (exact) mass is 431 g/mol. The number of ether oxygens (including phenoxy) is 1. The Morgan fingerprint density at radius 1 is 1.16 bits per heavy atom. The maximum atomic E-state index is 14.2. The van der Waals surface area contributed by atoms with E-state index >= 15 is 0 Å². The van der Waals surface area contributed by atoms with Crippen LogP contribution >= 0.6 is 0 Å². The van der Waals surface area contributed by atoms with Gasteiger partial charge in [-0.2, -0.15) is 0 Å². The van der Waals surface area contributed by atoms with Crippen molar-refractivity contribution >= 4 is 29.5 Å². The van der Waals surface area contributed by atoms with Crippen LogP contribution in [0.1, 0.15) is 29.8 Å². The van der Waals surface area contributed by atoms with E-state index in [4.69, 9.17) is 4.74 Å². The smallest absolute Gasteiger partial charge is 0.340 e. The van der Waals surface area contributed by atoms with Gasteiger partial charge >= 0.3 is 12.0 Å². The van der Waals surface area contributed by atoms with E-state index in [1.807, 2.05) is 0 Å². The Morgan fingerprint density at radius 3 is 2.58 bits per heavy atom. The van der Waals surface area contributed by atoms with Crippen molar-refractivity contribution in [2.45, 2.75) is 19.4 Å². The van der Waals surface area contributed by atoms with Crippen LogP contribution in [0.15, 0.2) is 42.5 Å². The molecule has 4 amide bonds. The van der Waals surface area contributed by atoms with Gasteiger partial charge in [0.2, 0.25) is 5.91 Å². The third-order valence-corrected chi connectivity index (χ3v) is 4.74. The van der Waals surface area contributed by atoms with Gasteiger partial charge in [-0.3, -0.25) is 14.5 Å². The number of esters is 1. The summed E-state index contributed by atoms with van der Waals surface area (Å²) in [4.78, 5) is 50.3. The number of urea groups is 1. The maximum Gasteiger partial charge on any atom is 0.340 e. The van der Waals surface area contributed by atoms with E-state index in [9.17, 15) is 28.0 Å². The number of hydrogen-bond donors (Lipinski definition) is 2. The van der Waals surface area contributed by atoms with Crippen LogP contribution in [0.25, 0.3) is 0 Å². The predicted molar refractivity (Wildman–Crippen MR) is 105 cm³/mol. The molecule has 0 spiro atoms. The standard InChI is InChI=1S/C21H19F2N3O5/c1-3-31-18(28)13-6-4-5-7-16(13)24-17(27)11-26-19(29)21(2,25-20(26)30)14-10-12(22)8-9-15(14)23/h4-10H,3,11H2,1-2H3,(H,24,27)(H,25,30)/t21-/m1/s1. The summed E-state index contributed by atoms with van der Waals surface area (Å²) in [7, 11) is 0. The first-order valence-corrected chi connectivity index (χ1v) is 9.33. The number of para-hydroxylation sites is 1. The molecule has 2 aromatic rings. The fraction of sp³-hybridized carbons (Fsp3) is 0.238. The van der Waals surface area contributed by atoms with Crippen LogP contribution in [0.3, 0.4) is 0 Å². The lowest BCUT2D eigenvalue weighted by molar-refractivity contribution is -0.133. The van der Waals surface area contributed by atoms with Crippen molar-refractivity contribution in [1.82, 2.24) is 10.2 Å². The van der Waals surface area contributed by atoms with Crippen molar-refractivity contribution in [3.05, 3.63) is 65.2 Å². The molecule has 10 heteroatoms. The molecule has 0 saturated carbocycles. The molecule has 31 heavy (non-hydrogen) atoms. The van der Waals surface area contributed by atoms with E-state index in [1.54, 1.807) is 19.1 Å². The Labute approximate surface area is 176 Å². The third kappa shape index (κ3) is 4.23. The molecule has 1 heterocycles. The molecular weight excluding hydrogens is 412 g/mol. The summed E-state index contributed by atoms with van der Waals surface area (Å²) < 4.78 is 32.7. The Kier molecular flexibility index (Phi) is 6.00. The first-order valence-electron chi connectivity index (χ1n) is 9.33. The molecular formula is C21H19F2N3O5. The van der Waals surface area contributed by atoms with Crippen LogP contribution in [0.4, 0.5) is 19.3 Å². The fourth-order valence-corrected chi connectivity index (χ4v) is 3.22. The second-order valence-corrected chi connectivity index (χ2v) is 6.88. The van der Waals surface area contributed by atoms with Gasteiger partial charge in [0, 0.05) is 5.56 Å². The zero-order valence-electron chi connectivity index (χ0n) is 16.7. The van der Waals surface area contributed by atoms with E-state index in [-0.39, 0.29) is 23.4 Å². The van der Waals surface area contributed by atoms with E-state index in [0.717, 1.165) is 18.2 Å². The largest absolute Gasteiger partial charge is 0.462 e. The number of imide groups is 1. The summed E-state index contributed by atoms with van der Waals surface area (Å²) in [6.07, 6.45) is 0. The highest BCUT2D eigenvalue weighted by atomic mass is 19.1. The van der Waals surface area contributed by atoms with Gasteiger partial charge in [0.05, 0.1) is 17.9 Å². The normalized spacial score (nSPS) is 18.0. The summed E-state index contributed by atoms with van der Waals surface area (Å²) in [5.41, 5.74) is -2.01. The van der Waals surface area contributed by atoms with Gasteiger partial charge in [0.1, 0.15) is 23.7 Å². The maximum absolute atomic E-state index is 14.2. The summed E-state index contributed by atoms with van der Waals surface area (Å²) in [6.45, 7) is 2.29. The molecule has 1 aliphatic heterocycles. The van der Waals surface area contributed by atoms with Crippen molar-refractivity contribution in [1.29, 1.82) is 0 Å². The van der Waals surface area contributed by atoms with Crippen molar-refractivity contribution in [2.75, 3.05) is 18.5 Å². The number of halogens is 2. The Balaban J connectivity index is 1.79. The third-order valence-electron chi connectivity index (χ3n) is 4.74. The topological polar surface area (TPSA) is 105 Å². The van der Waals surface area contributed by atoms with E-state index in [1.165, 1.54) is 19.1 Å². The zero-order chi connectivity index (χ0) is 22.8. The molecule has 2 N–H and O–H groups in total. The summed E-state index contributed by atoms with van der Waals surface area (Å²) >= 11 is 0. The highest BCUT2D eigenvalue weighted by Crippen LogP contribution is 2.31. The van der Waals surface area contributed by atoms with Crippen LogP contribution in [0.5, 0.6) is 0 Å². The first-order chi connectivity index (χ1) is 14.7. The van der Waals surface area contributed by atoms with Crippen molar-refractivity contribution in [2.24, 2.45) is 0 Å². The van der Waals surface area contributed by atoms with Gasteiger partial charge in [-0.05, 0) is 44.2 Å². The number of carbonyl (C=O) groups is 4. The van der Waals surface area contributed by atoms with Gasteiger partial charge in [-0.1, -0.05) is 12.1 Å². The van der Waals surface area contributed by atoms with Crippen molar-refractivity contribution < 1.29 is 32.7 Å². The van der Waals surface area contributed by atoms with E-state index in [0.29, 0.717) is 4.90 Å². The van der Waals surface area contributed by atoms with Crippen LogP contribution in [0.2, 0.25) is 0 Å². The number of rotatable bonds is 6. The molecule has 0 radical (unpaired) electrons. The van der Waals surface area contributed by atoms with Crippen LogP contribution in [-0.2, 0) is 19.9 Å². The van der Waals surface area contributed by atoms with Gasteiger partial charge in [0.15, 0.2) is 0 Å². The van der Waals surface area contributed by atoms with Gasteiger partial charge < -0.3 is 15.4 Å². The summed E-state index contributed by atoms with van der Waals surface area (Å²) in [5.74, 6) is -4.01. The van der Waals surface area contributed by atoms with Gasteiger partial charge in [-0.15, -0.1) is 0 Å². The quantitative estimate of drug-likeness (QED) is 0.540. The predicted octanol–water partition coefficient (Wildman–Crippen LogP) is 2.55. The lowest BCUT2D eigenvalue weighted by Gasteiger charge is -2.22. The minimum atomic E-state index is -1.88. The lowest BCUT2D eigenvalue weighted by atomic mass is 9.91. The number of nitrogens with one attached hydrogen (secondary N) is 2. The molecule has 1 fully saturated rings. The number of carbonyl (C=O) groups excluding carboxylic acids is 4. The Morgan fingerprint density at radius 2 is 1.87 bits per heavy atom. The van der Waals surface area contributed by atoms with Gasteiger partial charge in [0.25, 0.3) is 5.91 Å². The average molecular weight is 431 g/mol. The number of anilines is 1. The molecule has 0 bridgehead atoms. The average Bonchev–Trinajstić information content (AvgIpc) is 2.94. The molecule has 1 aliphatic rings. The fourth-order valence-electron chi connectivity index (χ4n) is 3.22. The first kappa shape index (κ1) is 21.9. The Bertz CT molecular complexity index is 1070. The lowest BCUT2D eigenvalue weighted by Crippen LogP contribution is -2.42. The number of hydrogen-bond acceptors (Lipinski definition) is 5. The summed E-state index contributed by atoms with van der Waals surface area (Å²) in [5, 5.41) is 4.76. The van der Waals surface area contributed by atoms with E-state index < -0.39 is 47.5 Å². The second-order valence-electron chi connectivity index (χ2n) is 6.88. The highest BCUT2D eigenvalue weighted by molar-refractivity contribution is 6.11. The van der Waals surface area contributed by atoms with Crippen LogP contribution in [-0.4, -0.2) is 41.9 Å². The highest BCUT2D eigenvalue weighted by Gasteiger charge is 2.50. The minimum absolute atomic E-state index is 0.0987. The van der Waals surface area contributed by atoms with Crippen molar-refractivity contribution in [3.63, 3.8) is 0 Å². The molecule has 1 saturated heterocycles. The van der Waals surface area contributed by atoms with Crippen molar-refractivity contribution in [3.8, 4) is 0 Å². The van der Waals surface area contributed by atoms with Gasteiger partial charge in [-0.25, -0.2) is 18.4 Å². The molecule has 0 aromatic heterocycles. The molecule has 0 aliphatic carbocycles. The minimum Gasteiger partial charge on any atom is -0.462 e. The molecule has 0 unspecified atom stereocenters. The SMILES string of the molecule is CCOC(=O)c1ccccc1NC(=O)CN1C(=O)N[C@](C)(c2cc(F)ccc2F)C1=O.